The molecule has 0 spiro atoms. The van der Waals surface area contributed by atoms with Crippen LogP contribution in [0.3, 0.4) is 0 Å². The number of hydrogen-bond donors (Lipinski definition) is 0. The fourth-order valence-electron chi connectivity index (χ4n) is 18.0. The van der Waals surface area contributed by atoms with Crippen LogP contribution < -0.4 is 27.4 Å². The van der Waals surface area contributed by atoms with Crippen LogP contribution in [0, 0.1) is 48.5 Å². The van der Waals surface area contributed by atoms with Crippen molar-refractivity contribution in [3.05, 3.63) is 385 Å². The Morgan fingerprint density at radius 2 is 0.583 bits per heavy atom. The van der Waals surface area contributed by atoms with E-state index in [9.17, 15) is 0 Å². The molecular weight excluding hydrogens is 1630 g/mol. The van der Waals surface area contributed by atoms with Crippen molar-refractivity contribution in [2.45, 2.75) is 88.0 Å². The average Bonchev–Trinajstić information content (AvgIpc) is 1.56. The smallest absolute Gasteiger partial charge is 0.227 e. The maximum absolute atomic E-state index is 6.26. The second-order valence-electron chi connectivity index (χ2n) is 34.9. The molecule has 0 radical (unpaired) electrons. The molecule has 23 rings (SSSR count). The highest BCUT2D eigenvalue weighted by Crippen LogP contribution is 2.43. The fraction of sp³-hybridized carbons (Fsp3) is 0.162. The molecule has 0 saturated heterocycles. The largest absolute Gasteiger partial charge is 0.455 e. The van der Waals surface area contributed by atoms with Gasteiger partial charge in [0.05, 0.1) is 33.5 Å². The number of furan rings is 5. The zero-order valence-electron chi connectivity index (χ0n) is 77.9. The first kappa shape index (κ1) is 87.0. The molecule has 15 heterocycles. The highest BCUT2D eigenvalue weighted by atomic mass is 16.4. The summed E-state index contributed by atoms with van der Waals surface area (Å²) < 4.78 is 43.6. The van der Waals surface area contributed by atoms with Crippen molar-refractivity contribution in [2.75, 3.05) is 0 Å². The molecule has 0 bridgehead atoms. The van der Waals surface area contributed by atoms with Crippen molar-refractivity contribution in [1.82, 2.24) is 19.9 Å². The van der Waals surface area contributed by atoms with Gasteiger partial charge in [0.1, 0.15) is 64.6 Å². The first-order valence-corrected chi connectivity index (χ1v) is 45.0. The lowest BCUT2D eigenvalue weighted by Crippen LogP contribution is -2.31. The Labute approximate surface area is 768 Å². The van der Waals surface area contributed by atoms with Crippen LogP contribution in [0.5, 0.6) is 0 Å². The van der Waals surface area contributed by atoms with Crippen molar-refractivity contribution >= 4 is 110 Å². The van der Waals surface area contributed by atoms with Crippen molar-refractivity contribution in [1.29, 1.82) is 0 Å². The van der Waals surface area contributed by atoms with E-state index >= 15 is 0 Å². The summed E-state index contributed by atoms with van der Waals surface area (Å²) in [6.45, 7) is 23.7. The van der Waals surface area contributed by atoms with Gasteiger partial charge >= 0.3 is 0 Å². The van der Waals surface area contributed by atoms with Gasteiger partial charge in [0.2, 0.25) is 51.3 Å². The molecular formula is C117H108N10O5+6. The van der Waals surface area contributed by atoms with Crippen LogP contribution in [-0.2, 0) is 42.3 Å². The Balaban J connectivity index is 0.000000106. The van der Waals surface area contributed by atoms with Crippen molar-refractivity contribution < 1.29 is 49.5 Å². The maximum atomic E-state index is 6.26. The molecule has 0 aliphatic carbocycles. The van der Waals surface area contributed by atoms with Gasteiger partial charge in [-0.1, -0.05) is 149 Å². The molecule has 0 aliphatic rings. The summed E-state index contributed by atoms with van der Waals surface area (Å²) in [4.78, 5) is 17.7. The third-order valence-corrected chi connectivity index (χ3v) is 25.3. The number of rotatable bonds is 9. The van der Waals surface area contributed by atoms with Crippen LogP contribution in [0.1, 0.15) is 89.7 Å². The predicted octanol–water partition coefficient (Wildman–Crippen LogP) is 26.2. The highest BCUT2D eigenvalue weighted by molar-refractivity contribution is 6.13. The molecule has 0 saturated carbocycles. The molecule has 0 amide bonds. The minimum Gasteiger partial charge on any atom is -0.455 e. The third-order valence-electron chi connectivity index (χ3n) is 25.3. The van der Waals surface area contributed by atoms with E-state index in [2.05, 4.69) is 396 Å². The summed E-state index contributed by atoms with van der Waals surface area (Å²) in [7, 11) is 12.4. The Kier molecular flexibility index (Phi) is 24.5. The number of nitrogens with zero attached hydrogens (tertiary/aromatic N) is 10. The Bertz CT molecular complexity index is 7960. The van der Waals surface area contributed by atoms with E-state index in [0.717, 1.165) is 116 Å². The molecule has 0 fully saturated rings. The second kappa shape index (κ2) is 37.1. The van der Waals surface area contributed by atoms with Gasteiger partial charge in [0.25, 0.3) is 0 Å². The van der Waals surface area contributed by atoms with Gasteiger partial charge in [-0.05, 0) is 190 Å². The topological polar surface area (TPSA) is 141 Å². The monoisotopic (exact) mass is 1730 g/mol. The lowest BCUT2D eigenvalue weighted by Gasteiger charge is -2.09. The Hall–Kier alpha value is -15.7. The van der Waals surface area contributed by atoms with E-state index in [1.165, 1.54) is 106 Å². The number of hydrogen-bond acceptors (Lipinski definition) is 9. The summed E-state index contributed by atoms with van der Waals surface area (Å²) in [6, 6.07) is 96.5. The van der Waals surface area contributed by atoms with E-state index in [1.807, 2.05) is 92.0 Å². The van der Waals surface area contributed by atoms with Crippen molar-refractivity contribution in [3.63, 3.8) is 0 Å². The Morgan fingerprint density at radius 3 is 1.01 bits per heavy atom. The normalized spacial score (nSPS) is 11.4. The van der Waals surface area contributed by atoms with E-state index in [0.29, 0.717) is 29.0 Å². The fourth-order valence-corrected chi connectivity index (χ4v) is 18.0. The zero-order valence-corrected chi connectivity index (χ0v) is 77.9. The summed E-state index contributed by atoms with van der Waals surface area (Å²) in [5, 5.41) is 11.3. The number of para-hydroxylation sites is 2. The van der Waals surface area contributed by atoms with Crippen LogP contribution >= 0.6 is 0 Å². The van der Waals surface area contributed by atoms with Gasteiger partial charge in [-0.15, -0.1) is 0 Å². The predicted molar refractivity (Wildman–Crippen MR) is 533 cm³/mol. The first-order chi connectivity index (χ1) is 64.0. The molecule has 15 nitrogen and oxygen atoms in total. The number of fused-ring (bicyclic) bond motifs is 15. The van der Waals surface area contributed by atoms with Gasteiger partial charge in [-0.25, -0.2) is 42.4 Å². The molecule has 8 aromatic carbocycles. The molecule has 15 heteroatoms. The SMILES string of the molecule is Cc1ccc2c(n1)oc1c(-c3cccc[n+]3C)c(C)ccc12.Cc1ccc2c(oc3ccccc32)c1-c1cc(C(C)C)cc[n+]1C.Cc1ccc2c(oc3ccccc32)c1-c1cccc[n+]1C.Cc1ccc2c(oc3ncccc32)c1-c1cc(C(C)C)cc[n+]1C.Cc1ccc2c(oc3ncccc32)c1-c1cccc[n+]1C.Cc1ccccc1-c1cc(-c2ccccn2)cc[n+]1C. The summed E-state index contributed by atoms with van der Waals surface area (Å²) in [5.41, 5.74) is 35.8. The quantitative estimate of drug-likeness (QED) is 0.129. The highest BCUT2D eigenvalue weighted by Gasteiger charge is 2.28. The minimum absolute atomic E-state index is 0.488. The number of pyridine rings is 10. The van der Waals surface area contributed by atoms with Gasteiger partial charge in [-0.2, -0.15) is 0 Å². The van der Waals surface area contributed by atoms with E-state index in [4.69, 9.17) is 22.1 Å². The second-order valence-corrected chi connectivity index (χ2v) is 34.9. The molecule has 0 N–H and O–H groups in total. The molecule has 0 aliphatic heterocycles. The summed E-state index contributed by atoms with van der Waals surface area (Å²) in [5.74, 6) is 0.988. The van der Waals surface area contributed by atoms with Crippen molar-refractivity contribution in [2.24, 2.45) is 42.3 Å². The lowest BCUT2D eigenvalue weighted by atomic mass is 9.97. The minimum atomic E-state index is 0.488. The number of aryl methyl sites for hydroxylation is 13. The third kappa shape index (κ3) is 17.0. The van der Waals surface area contributed by atoms with Crippen LogP contribution in [-0.4, -0.2) is 19.9 Å². The molecule has 0 atom stereocenters. The van der Waals surface area contributed by atoms with Gasteiger partial charge in [-0.3, -0.25) is 4.98 Å². The molecule has 650 valence electrons. The van der Waals surface area contributed by atoms with Gasteiger partial charge in [0.15, 0.2) is 53.9 Å². The summed E-state index contributed by atoms with van der Waals surface area (Å²) >= 11 is 0. The van der Waals surface area contributed by atoms with E-state index < -0.39 is 0 Å². The lowest BCUT2D eigenvalue weighted by molar-refractivity contribution is -0.660. The summed E-state index contributed by atoms with van der Waals surface area (Å²) in [6.07, 6.45) is 17.9. The average molecular weight is 1730 g/mol. The van der Waals surface area contributed by atoms with Gasteiger partial charge < -0.3 is 22.1 Å². The molecule has 23 aromatic rings. The van der Waals surface area contributed by atoms with Crippen LogP contribution in [0.15, 0.2) is 357 Å². The van der Waals surface area contributed by atoms with Gasteiger partial charge in [0, 0.05) is 162 Å². The standard InChI is InChI=1S/C22H22NO.C21H21N2O.C19H17N2O.C19H16NO.C18H15N2O.C18H17N2/c1-14(2)16-11-12-23(4)19(13-16)21-15(3)9-10-18-17-7-5-6-8-20(17)24-22(18)21;1-13(2)15-9-11-23(4)18(12-15)19-14(3)7-8-16-17-6-5-10-22-21(17)24-20(16)19;1-12-7-9-14-15-10-8-13(2)20-19(15)22-18(14)17(12)16-6-4-5-11-21(16)3;1-13-10-11-15-14-7-3-4-9-17(14)21-19(15)18(13)16-8-5-6-12-20(16)2;1-12-8-9-13-14-6-5-10-19-18(14)21-17(13)16(12)15-7-3-4-11-20(15)2;1-14-7-3-4-8-16(14)18-13-15(10-12-20(18)2)17-9-5-6-11-19-17/h5-14H,1-4H3;5-13H,1-4H3;4-11H,1-3H3;3-12H,1-2H3;3-11H,1-2H3;3-13H,1-2H3/q6*+1. The number of aromatic nitrogens is 10. The number of benzene rings is 8. The van der Waals surface area contributed by atoms with E-state index in [-0.39, 0.29) is 0 Å². The van der Waals surface area contributed by atoms with Crippen LogP contribution in [0.4, 0.5) is 0 Å². The first-order valence-electron chi connectivity index (χ1n) is 45.0. The molecule has 132 heavy (non-hydrogen) atoms. The Morgan fingerprint density at radius 1 is 0.242 bits per heavy atom. The molecule has 0 unspecified atom stereocenters. The zero-order chi connectivity index (χ0) is 91.7. The van der Waals surface area contributed by atoms with Crippen LogP contribution in [0.25, 0.3) is 189 Å². The van der Waals surface area contributed by atoms with E-state index in [1.54, 1.807) is 12.4 Å². The molecule has 15 aromatic heterocycles. The maximum Gasteiger partial charge on any atom is 0.227 e. The van der Waals surface area contributed by atoms with Crippen LogP contribution in [0.2, 0.25) is 0 Å². The van der Waals surface area contributed by atoms with Crippen molar-refractivity contribution in [3.8, 4) is 78.8 Å².